The molecule has 2 heterocycles. The van der Waals surface area contributed by atoms with Crippen molar-refractivity contribution < 1.29 is 18.0 Å². The molecule has 2 aromatic rings. The summed E-state index contributed by atoms with van der Waals surface area (Å²) >= 11 is 5.70. The summed E-state index contributed by atoms with van der Waals surface area (Å²) in [6.45, 7) is -0.495. The van der Waals surface area contributed by atoms with Crippen LogP contribution in [0.1, 0.15) is 10.5 Å². The minimum Gasteiger partial charge on any atom is -0.348 e. The second kappa shape index (κ2) is 4.77. The van der Waals surface area contributed by atoms with Crippen molar-refractivity contribution >= 4 is 34.1 Å². The summed E-state index contributed by atoms with van der Waals surface area (Å²) in [7, 11) is 0. The van der Waals surface area contributed by atoms with Crippen molar-refractivity contribution in [1.29, 1.82) is 5.41 Å². The second-order valence-electron chi connectivity index (χ2n) is 4.78. The van der Waals surface area contributed by atoms with Gasteiger partial charge < -0.3 is 15.3 Å². The number of carbonyl (C=O) groups is 1. The van der Waals surface area contributed by atoms with Gasteiger partial charge in [-0.2, -0.15) is 0 Å². The Labute approximate surface area is 122 Å². The van der Waals surface area contributed by atoms with Gasteiger partial charge in [0.25, 0.3) is 5.91 Å². The summed E-state index contributed by atoms with van der Waals surface area (Å²) in [4.78, 5) is 15.7. The first-order valence-electron chi connectivity index (χ1n) is 6.06. The first kappa shape index (κ1) is 13.9. The van der Waals surface area contributed by atoms with Crippen LogP contribution in [0, 0.1) is 17.0 Å². The highest BCUT2D eigenvalue weighted by molar-refractivity contribution is 6.35. The lowest BCUT2D eigenvalue weighted by molar-refractivity contribution is 0.0775. The third-order valence-electron chi connectivity index (χ3n) is 3.41. The van der Waals surface area contributed by atoms with Crippen molar-refractivity contribution in [2.45, 2.75) is 6.17 Å². The smallest absolute Gasteiger partial charge is 0.273 e. The molecule has 0 aliphatic carbocycles. The van der Waals surface area contributed by atoms with Crippen molar-refractivity contribution in [3.8, 4) is 0 Å². The molecule has 110 valence electrons. The lowest BCUT2D eigenvalue weighted by Gasteiger charge is -2.13. The Bertz CT molecular complexity index is 774. The van der Waals surface area contributed by atoms with E-state index in [1.807, 2.05) is 0 Å². The van der Waals surface area contributed by atoms with E-state index >= 15 is 0 Å². The van der Waals surface area contributed by atoms with E-state index in [2.05, 4.69) is 4.98 Å². The molecule has 0 spiro atoms. The predicted molar refractivity (Wildman–Crippen MR) is 71.8 cm³/mol. The van der Waals surface area contributed by atoms with E-state index in [9.17, 15) is 18.0 Å². The average Bonchev–Trinajstić information content (AvgIpc) is 2.95. The molecular formula is C13H9ClF3N3O. The van der Waals surface area contributed by atoms with Gasteiger partial charge in [0, 0.05) is 0 Å². The van der Waals surface area contributed by atoms with Crippen LogP contribution in [0.2, 0.25) is 5.02 Å². The van der Waals surface area contributed by atoms with Crippen LogP contribution in [-0.2, 0) is 0 Å². The topological polar surface area (TPSA) is 60.0 Å². The number of nitrogens with zero attached hydrogens (tertiary/aromatic N) is 1. The predicted octanol–water partition coefficient (Wildman–Crippen LogP) is 2.91. The molecular weight excluding hydrogens is 307 g/mol. The lowest BCUT2D eigenvalue weighted by Crippen LogP contribution is -2.30. The third kappa shape index (κ3) is 2.08. The van der Waals surface area contributed by atoms with Crippen molar-refractivity contribution in [2.75, 3.05) is 13.1 Å². The highest BCUT2D eigenvalue weighted by atomic mass is 35.5. The Hall–Kier alpha value is -2.02. The number of aromatic nitrogens is 1. The maximum Gasteiger partial charge on any atom is 0.273 e. The molecule has 1 saturated heterocycles. The quantitative estimate of drug-likeness (QED) is 0.835. The molecule has 0 saturated carbocycles. The zero-order chi connectivity index (χ0) is 15.3. The molecule has 0 unspecified atom stereocenters. The van der Waals surface area contributed by atoms with E-state index in [1.54, 1.807) is 0 Å². The first-order chi connectivity index (χ1) is 9.90. The van der Waals surface area contributed by atoms with E-state index in [1.165, 1.54) is 6.07 Å². The fourth-order valence-corrected chi connectivity index (χ4v) is 2.56. The van der Waals surface area contributed by atoms with Gasteiger partial charge in [0.15, 0.2) is 12.0 Å². The number of aromatic amines is 1. The number of likely N-dealkylation sites (tertiary alicyclic amines) is 1. The van der Waals surface area contributed by atoms with Crippen LogP contribution < -0.4 is 0 Å². The Balaban J connectivity index is 2.05. The zero-order valence-electron chi connectivity index (χ0n) is 10.5. The fraction of sp³-hybridized carbons (Fsp3) is 0.231. The van der Waals surface area contributed by atoms with Gasteiger partial charge in [0.2, 0.25) is 0 Å². The number of benzene rings is 1. The van der Waals surface area contributed by atoms with Crippen LogP contribution in [0.25, 0.3) is 10.9 Å². The van der Waals surface area contributed by atoms with Crippen LogP contribution in [0.5, 0.6) is 0 Å². The number of hydrogen-bond acceptors (Lipinski definition) is 2. The molecule has 1 aromatic carbocycles. The Morgan fingerprint density at radius 2 is 2.14 bits per heavy atom. The van der Waals surface area contributed by atoms with E-state index in [0.29, 0.717) is 0 Å². The largest absolute Gasteiger partial charge is 0.348 e. The molecule has 1 fully saturated rings. The second-order valence-corrected chi connectivity index (χ2v) is 5.15. The van der Waals surface area contributed by atoms with Crippen LogP contribution in [0.15, 0.2) is 12.1 Å². The normalized spacial score (nSPS) is 18.8. The molecule has 1 aliphatic heterocycles. The van der Waals surface area contributed by atoms with Crippen molar-refractivity contribution in [1.82, 2.24) is 9.88 Å². The van der Waals surface area contributed by atoms with Gasteiger partial charge in [-0.25, -0.2) is 13.2 Å². The van der Waals surface area contributed by atoms with E-state index in [-0.39, 0.29) is 29.7 Å². The maximum absolute atomic E-state index is 14.3. The van der Waals surface area contributed by atoms with Gasteiger partial charge in [0.05, 0.1) is 34.7 Å². The molecule has 0 bridgehead atoms. The van der Waals surface area contributed by atoms with Crippen molar-refractivity contribution in [3.63, 3.8) is 0 Å². The molecule has 1 aliphatic rings. The van der Waals surface area contributed by atoms with Crippen molar-refractivity contribution in [3.05, 3.63) is 34.5 Å². The number of alkyl halides is 1. The molecule has 8 heteroatoms. The van der Waals surface area contributed by atoms with Crippen LogP contribution in [-0.4, -0.2) is 40.8 Å². The molecule has 0 radical (unpaired) electrons. The van der Waals surface area contributed by atoms with Gasteiger partial charge in [-0.05, 0) is 12.1 Å². The molecule has 2 N–H and O–H groups in total. The number of H-pyrrole nitrogens is 1. The van der Waals surface area contributed by atoms with Gasteiger partial charge in [-0.1, -0.05) is 11.6 Å². The number of rotatable bonds is 1. The SMILES string of the molecule is N=C1CN(C(=O)c2[nH]c3ccc(F)c(Cl)c3c2F)C[C@H]1F. The summed E-state index contributed by atoms with van der Waals surface area (Å²) in [5, 5.41) is 6.69. The lowest BCUT2D eigenvalue weighted by atomic mass is 10.2. The highest BCUT2D eigenvalue weighted by Gasteiger charge is 2.33. The molecule has 3 rings (SSSR count). The zero-order valence-corrected chi connectivity index (χ0v) is 11.3. The summed E-state index contributed by atoms with van der Waals surface area (Å²) in [5.74, 6) is -2.56. The number of nitrogens with one attached hydrogen (secondary N) is 2. The highest BCUT2D eigenvalue weighted by Crippen LogP contribution is 2.31. The Kier molecular flexibility index (Phi) is 3.16. The molecule has 1 amide bonds. The molecule has 1 aromatic heterocycles. The third-order valence-corrected chi connectivity index (χ3v) is 3.78. The van der Waals surface area contributed by atoms with Crippen LogP contribution in [0.4, 0.5) is 13.2 Å². The summed E-state index contributed by atoms with van der Waals surface area (Å²) < 4.78 is 40.9. The average molecular weight is 316 g/mol. The first-order valence-corrected chi connectivity index (χ1v) is 6.43. The summed E-state index contributed by atoms with van der Waals surface area (Å²) in [6.07, 6.45) is -1.54. The van der Waals surface area contributed by atoms with E-state index in [4.69, 9.17) is 17.0 Å². The maximum atomic E-state index is 14.3. The van der Waals surface area contributed by atoms with Gasteiger partial charge in [0.1, 0.15) is 11.5 Å². The number of amides is 1. The molecule has 4 nitrogen and oxygen atoms in total. The molecule has 1 atom stereocenters. The Morgan fingerprint density at radius 3 is 2.76 bits per heavy atom. The summed E-state index contributed by atoms with van der Waals surface area (Å²) in [6, 6.07) is 2.32. The van der Waals surface area contributed by atoms with Gasteiger partial charge in [-0.3, -0.25) is 4.79 Å². The summed E-state index contributed by atoms with van der Waals surface area (Å²) in [5.41, 5.74) is -0.475. The number of carbonyl (C=O) groups excluding carboxylic acids is 1. The Morgan fingerprint density at radius 1 is 1.43 bits per heavy atom. The number of halogens is 4. The van der Waals surface area contributed by atoms with E-state index < -0.39 is 34.4 Å². The molecule has 21 heavy (non-hydrogen) atoms. The monoisotopic (exact) mass is 315 g/mol. The fourth-order valence-electron chi connectivity index (χ4n) is 2.32. The standard InChI is InChI=1S/C13H9ClF3N3O/c14-10-5(15)1-2-8-9(10)11(17)12(19-8)13(21)20-3-6(16)7(18)4-20/h1-2,6,18-19H,3-4H2/t6-/m1/s1. The van der Waals surface area contributed by atoms with Crippen LogP contribution in [0.3, 0.4) is 0 Å². The van der Waals surface area contributed by atoms with Crippen LogP contribution >= 0.6 is 11.6 Å². The van der Waals surface area contributed by atoms with E-state index in [0.717, 1.165) is 11.0 Å². The minimum atomic E-state index is -1.54. The van der Waals surface area contributed by atoms with Gasteiger partial charge >= 0.3 is 0 Å². The van der Waals surface area contributed by atoms with Crippen molar-refractivity contribution in [2.24, 2.45) is 0 Å². The minimum absolute atomic E-state index is 0.174. The number of hydrogen-bond donors (Lipinski definition) is 2. The van der Waals surface area contributed by atoms with Gasteiger partial charge in [-0.15, -0.1) is 0 Å². The number of fused-ring (bicyclic) bond motifs is 1.